The van der Waals surface area contributed by atoms with Crippen molar-refractivity contribution in [3.63, 3.8) is 0 Å². The molecule has 0 aliphatic heterocycles. The third-order valence-electron chi connectivity index (χ3n) is 16.0. The zero-order chi connectivity index (χ0) is 78.9. The highest BCUT2D eigenvalue weighted by Gasteiger charge is 2.30. The molecule has 0 aliphatic carbocycles. The van der Waals surface area contributed by atoms with Gasteiger partial charge in [-0.05, 0) is 180 Å². The molecular weight excluding hydrogens is 1400 g/mol. The molecule has 0 radical (unpaired) electrons. The maximum absolute atomic E-state index is 13.1. The fraction of sp³-hybridized carbons (Fsp3) is 0.596. The first-order valence-electron chi connectivity index (χ1n) is 40.7. The quantitative estimate of drug-likeness (QED) is 0.0169. The topological polar surface area (TPSA) is 237 Å². The third kappa shape index (κ3) is 78.0. The van der Waals surface area contributed by atoms with Crippen LogP contribution in [0.4, 0.5) is 0 Å². The Labute approximate surface area is 653 Å². The van der Waals surface area contributed by atoms with Crippen LogP contribution in [0, 0.1) is 0 Å². The first-order chi connectivity index (χ1) is 52.7. The van der Waals surface area contributed by atoms with Gasteiger partial charge in [0.15, 0.2) is 12.2 Å². The zero-order valence-corrected chi connectivity index (χ0v) is 68.5. The highest BCUT2D eigenvalue weighted by molar-refractivity contribution is 7.47. The summed E-state index contributed by atoms with van der Waals surface area (Å²) in [5.74, 6) is -2.31. The number of ether oxygens (including phenoxy) is 4. The van der Waals surface area contributed by atoms with Crippen LogP contribution in [0.1, 0.15) is 285 Å². The van der Waals surface area contributed by atoms with Crippen LogP contribution in [-0.4, -0.2) is 96.7 Å². The monoisotopic (exact) mass is 1540 g/mol. The summed E-state index contributed by atoms with van der Waals surface area (Å²) in [6.45, 7) is 4.33. The minimum Gasteiger partial charge on any atom is -0.462 e. The largest absolute Gasteiger partial charge is 0.472 e. The Hall–Kier alpha value is -6.10. The summed E-state index contributed by atoms with van der Waals surface area (Å²) >= 11 is 0. The van der Waals surface area contributed by atoms with Crippen LogP contribution < -0.4 is 0 Å². The molecule has 0 aliphatic rings. The second-order valence-corrected chi connectivity index (χ2v) is 29.1. The standard InChI is InChI=1S/C89H142O17P2/c1-5-9-13-17-21-25-29-33-36-39-41-44-46-50-53-57-61-65-69-73-86(91)99-79-84(105-88(93)75-71-67-63-59-55-49-32-28-24-20-16-12-8-4)81-103-107(95,96)101-77-83(90)78-102-108(97,98)104-82-85(106-89(94)76-72-68-64-60-56-52-48-43-38-35-31-27-23-19-15-11-7-3)80-100-87(92)74-70-66-62-58-54-51-47-45-42-40-37-34-30-26-22-18-14-10-6-2/h9-11,13-16,20-23,25-28,32-38,41-42,44-45,48,50-54,83-85,90H,5-8,12,17-19,24,29-31,39-40,43,46-47,49,55-82H2,1-4H3,(H,95,96)(H,97,98)/b13-9-,14-10-,15-11-,20-16-,25-21-,26-22-,27-23-,32-28-,36-33-,37-34-,38-35-,44-41-,45-42-,52-48-,53-50-,54-51-. The lowest BCUT2D eigenvalue weighted by Crippen LogP contribution is -2.30. The lowest BCUT2D eigenvalue weighted by Gasteiger charge is -2.21. The Balaban J connectivity index is 5.48. The lowest BCUT2D eigenvalue weighted by atomic mass is 10.1. The molecular formula is C89H142O17P2. The minimum atomic E-state index is -5.01. The molecule has 0 heterocycles. The average Bonchev–Trinajstić information content (AvgIpc) is 0.886. The van der Waals surface area contributed by atoms with Crippen LogP contribution in [0.15, 0.2) is 194 Å². The van der Waals surface area contributed by atoms with E-state index in [0.717, 1.165) is 205 Å². The fourth-order valence-corrected chi connectivity index (χ4v) is 11.5. The number of hydrogen-bond acceptors (Lipinski definition) is 15. The van der Waals surface area contributed by atoms with Gasteiger partial charge < -0.3 is 33.8 Å². The van der Waals surface area contributed by atoms with E-state index in [1.165, 1.54) is 0 Å². The normalized spacial score (nSPS) is 14.8. The van der Waals surface area contributed by atoms with Gasteiger partial charge in [0.1, 0.15) is 19.3 Å². The Kier molecular flexibility index (Phi) is 74.5. The smallest absolute Gasteiger partial charge is 0.462 e. The predicted molar refractivity (Wildman–Crippen MR) is 445 cm³/mol. The molecule has 0 saturated carbocycles. The first kappa shape index (κ1) is 102. The summed E-state index contributed by atoms with van der Waals surface area (Å²) in [5, 5.41) is 10.7. The van der Waals surface area contributed by atoms with Crippen molar-refractivity contribution < 1.29 is 80.2 Å². The minimum absolute atomic E-state index is 0.0503. The number of phosphoric ester groups is 2. The Morgan fingerprint density at radius 3 is 0.750 bits per heavy atom. The van der Waals surface area contributed by atoms with Gasteiger partial charge in [0.25, 0.3) is 0 Å². The van der Waals surface area contributed by atoms with E-state index >= 15 is 0 Å². The molecule has 610 valence electrons. The van der Waals surface area contributed by atoms with Crippen molar-refractivity contribution in [1.29, 1.82) is 0 Å². The van der Waals surface area contributed by atoms with Gasteiger partial charge in [-0.2, -0.15) is 0 Å². The highest BCUT2D eigenvalue weighted by Crippen LogP contribution is 2.45. The van der Waals surface area contributed by atoms with Crippen molar-refractivity contribution in [2.45, 2.75) is 303 Å². The number of aliphatic hydroxyl groups excluding tert-OH is 1. The molecule has 3 N–H and O–H groups in total. The number of phosphoric acid groups is 2. The van der Waals surface area contributed by atoms with Gasteiger partial charge in [0.05, 0.1) is 26.4 Å². The first-order valence-corrected chi connectivity index (χ1v) is 43.7. The lowest BCUT2D eigenvalue weighted by molar-refractivity contribution is -0.161. The molecule has 0 aromatic rings. The second-order valence-electron chi connectivity index (χ2n) is 26.2. The predicted octanol–water partition coefficient (Wildman–Crippen LogP) is 24.1. The molecule has 0 amide bonds. The van der Waals surface area contributed by atoms with Gasteiger partial charge in [-0.1, -0.05) is 273 Å². The fourth-order valence-electron chi connectivity index (χ4n) is 9.95. The van der Waals surface area contributed by atoms with Gasteiger partial charge in [-0.15, -0.1) is 0 Å². The molecule has 5 unspecified atom stereocenters. The van der Waals surface area contributed by atoms with E-state index in [4.69, 9.17) is 37.0 Å². The van der Waals surface area contributed by atoms with E-state index in [9.17, 15) is 43.2 Å². The molecule has 19 heteroatoms. The number of rotatable bonds is 74. The number of carbonyl (C=O) groups is 4. The highest BCUT2D eigenvalue weighted by atomic mass is 31.2. The number of unbranched alkanes of at least 4 members (excludes halogenated alkanes) is 16. The van der Waals surface area contributed by atoms with Crippen molar-refractivity contribution >= 4 is 39.5 Å². The maximum atomic E-state index is 13.1. The molecule has 0 bridgehead atoms. The molecule has 0 spiro atoms. The van der Waals surface area contributed by atoms with Crippen molar-refractivity contribution in [2.24, 2.45) is 0 Å². The molecule has 0 fully saturated rings. The van der Waals surface area contributed by atoms with Crippen LogP contribution in [0.5, 0.6) is 0 Å². The van der Waals surface area contributed by atoms with Crippen LogP contribution in [0.25, 0.3) is 0 Å². The van der Waals surface area contributed by atoms with E-state index in [-0.39, 0.29) is 25.7 Å². The number of esters is 4. The zero-order valence-electron chi connectivity index (χ0n) is 66.7. The number of allylic oxidation sites excluding steroid dienone is 32. The van der Waals surface area contributed by atoms with Crippen LogP contribution in [-0.2, 0) is 65.4 Å². The van der Waals surface area contributed by atoms with Crippen molar-refractivity contribution in [1.82, 2.24) is 0 Å². The van der Waals surface area contributed by atoms with Crippen molar-refractivity contribution in [3.05, 3.63) is 194 Å². The number of aliphatic hydroxyl groups is 1. The molecule has 17 nitrogen and oxygen atoms in total. The Bertz CT molecular complexity index is 2810. The second kappa shape index (κ2) is 79.0. The summed E-state index contributed by atoms with van der Waals surface area (Å²) in [6.07, 6.45) is 96.9. The van der Waals surface area contributed by atoms with E-state index in [0.29, 0.717) is 25.7 Å². The van der Waals surface area contributed by atoms with Crippen LogP contribution in [0.2, 0.25) is 0 Å². The SMILES string of the molecule is CC/C=C\C/C=C\C/C=C\C/C=C\C/C=C\CCCCCC(=O)OCC(COP(=O)(O)OCC(O)COP(=O)(O)OCC(COC(=O)CCCCC/C=C\C/C=C\C/C=C\C/C=C\C/C=C\CC)OC(=O)CCCCCCC/C=C\C/C=C\CCC)OC(=O)CCCCCC/C=C\C/C=C\C/C=C\C/C=C\CC. The van der Waals surface area contributed by atoms with Crippen LogP contribution >= 0.6 is 15.6 Å². The molecule has 0 aromatic heterocycles. The molecule has 108 heavy (non-hydrogen) atoms. The molecule has 0 saturated heterocycles. The summed E-state index contributed by atoms with van der Waals surface area (Å²) in [7, 11) is -10.0. The number of hydrogen-bond donors (Lipinski definition) is 3. The maximum Gasteiger partial charge on any atom is 0.472 e. The number of carbonyl (C=O) groups excluding carboxylic acids is 4. The van der Waals surface area contributed by atoms with Gasteiger partial charge in [0, 0.05) is 25.7 Å². The summed E-state index contributed by atoms with van der Waals surface area (Å²) in [4.78, 5) is 73.1. The van der Waals surface area contributed by atoms with Crippen molar-refractivity contribution in [3.8, 4) is 0 Å². The Morgan fingerprint density at radius 1 is 0.269 bits per heavy atom. The summed E-state index contributed by atoms with van der Waals surface area (Å²) in [6, 6.07) is 0. The van der Waals surface area contributed by atoms with Crippen molar-refractivity contribution in [2.75, 3.05) is 39.6 Å². The summed E-state index contributed by atoms with van der Waals surface area (Å²) < 4.78 is 68.6. The van der Waals surface area contributed by atoms with Gasteiger partial charge in [-0.3, -0.25) is 37.3 Å². The Morgan fingerprint density at radius 2 is 0.481 bits per heavy atom. The van der Waals surface area contributed by atoms with Gasteiger partial charge in [-0.25, -0.2) is 9.13 Å². The molecule has 0 rings (SSSR count). The third-order valence-corrected chi connectivity index (χ3v) is 17.9. The van der Waals surface area contributed by atoms with Crippen LogP contribution in [0.3, 0.4) is 0 Å². The van der Waals surface area contributed by atoms with E-state index in [1.54, 1.807) is 0 Å². The van der Waals surface area contributed by atoms with E-state index in [2.05, 4.69) is 222 Å². The average molecular weight is 1550 g/mol. The van der Waals surface area contributed by atoms with Gasteiger partial charge >= 0.3 is 39.5 Å². The van der Waals surface area contributed by atoms with E-state index < -0.39 is 97.5 Å². The summed E-state index contributed by atoms with van der Waals surface area (Å²) in [5.41, 5.74) is 0. The van der Waals surface area contributed by atoms with E-state index in [1.807, 2.05) is 0 Å². The van der Waals surface area contributed by atoms with Gasteiger partial charge in [0.2, 0.25) is 0 Å². The molecule has 0 aromatic carbocycles. The molecule has 5 atom stereocenters.